The number of aromatic nitrogens is 1. The molecular weight excluding hydrogens is 402 g/mol. The number of benzene rings is 1. The molecule has 1 saturated carbocycles. The fraction of sp³-hybridized carbons (Fsp3) is 0.389. The minimum absolute atomic E-state index is 0.0216. The van der Waals surface area contributed by atoms with Gasteiger partial charge in [0.1, 0.15) is 4.88 Å². The Hall–Kier alpha value is -1.73. The van der Waals surface area contributed by atoms with Crippen LogP contribution in [0.5, 0.6) is 0 Å². The number of hydrogen-bond donors (Lipinski definition) is 2. The normalized spacial score (nSPS) is 15.0. The van der Waals surface area contributed by atoms with Crippen LogP contribution in [-0.2, 0) is 4.79 Å². The molecule has 2 N–H and O–H groups in total. The fourth-order valence-corrected chi connectivity index (χ4v) is 4.08. The molecule has 0 unspecified atom stereocenters. The third kappa shape index (κ3) is 4.67. The van der Waals surface area contributed by atoms with E-state index in [4.69, 9.17) is 0 Å². The first-order valence-electron chi connectivity index (χ1n) is 8.38. The maximum atomic E-state index is 12.5. The monoisotopic (exact) mass is 421 g/mol. The molecular formula is C18H20BrN3O2S. The lowest BCUT2D eigenvalue weighted by Gasteiger charge is -2.19. The molecule has 0 saturated heterocycles. The zero-order valence-electron chi connectivity index (χ0n) is 14.0. The van der Waals surface area contributed by atoms with Crippen LogP contribution >= 0.6 is 27.3 Å². The largest absolute Gasteiger partial charge is 0.321 e. The molecule has 2 amide bonds. The molecule has 1 aliphatic carbocycles. The van der Waals surface area contributed by atoms with E-state index in [1.54, 1.807) is 6.92 Å². The molecule has 7 heteroatoms. The molecule has 132 valence electrons. The second-order valence-electron chi connectivity index (χ2n) is 6.22. The van der Waals surface area contributed by atoms with Gasteiger partial charge in [-0.3, -0.25) is 9.59 Å². The van der Waals surface area contributed by atoms with Gasteiger partial charge in [-0.1, -0.05) is 46.5 Å². The van der Waals surface area contributed by atoms with Crippen LogP contribution in [0.25, 0.3) is 0 Å². The highest BCUT2D eigenvalue weighted by atomic mass is 79.9. The van der Waals surface area contributed by atoms with E-state index in [1.165, 1.54) is 17.8 Å². The van der Waals surface area contributed by atoms with Crippen LogP contribution in [0.3, 0.4) is 0 Å². The summed E-state index contributed by atoms with van der Waals surface area (Å²) in [5.74, 6) is -0.123. The van der Waals surface area contributed by atoms with Gasteiger partial charge in [-0.2, -0.15) is 0 Å². The smallest absolute Gasteiger partial charge is 0.267 e. The number of amides is 2. The third-order valence-corrected chi connectivity index (χ3v) is 5.91. The van der Waals surface area contributed by atoms with E-state index < -0.39 is 0 Å². The molecule has 1 aliphatic rings. The first-order chi connectivity index (χ1) is 12.0. The van der Waals surface area contributed by atoms with Crippen LogP contribution in [0.15, 0.2) is 28.7 Å². The zero-order valence-corrected chi connectivity index (χ0v) is 16.4. The van der Waals surface area contributed by atoms with E-state index in [-0.39, 0.29) is 17.7 Å². The number of thiazole rings is 1. The predicted molar refractivity (Wildman–Crippen MR) is 104 cm³/mol. The lowest BCUT2D eigenvalue weighted by atomic mass is 9.89. The van der Waals surface area contributed by atoms with E-state index in [2.05, 4.69) is 31.5 Å². The van der Waals surface area contributed by atoms with Gasteiger partial charge < -0.3 is 10.6 Å². The lowest BCUT2D eigenvalue weighted by molar-refractivity contribution is -0.120. The second-order valence-corrected chi connectivity index (χ2v) is 8.13. The highest BCUT2D eigenvalue weighted by molar-refractivity contribution is 9.10. The molecule has 1 heterocycles. The van der Waals surface area contributed by atoms with Crippen LogP contribution in [-0.4, -0.2) is 16.8 Å². The van der Waals surface area contributed by atoms with Crippen molar-refractivity contribution in [2.45, 2.75) is 39.0 Å². The van der Waals surface area contributed by atoms with Crippen molar-refractivity contribution in [2.24, 2.45) is 5.92 Å². The van der Waals surface area contributed by atoms with Gasteiger partial charge in [0.15, 0.2) is 5.13 Å². The van der Waals surface area contributed by atoms with Crippen molar-refractivity contribution >= 4 is 49.9 Å². The number of carbonyl (C=O) groups is 2. The Morgan fingerprint density at radius 1 is 1.12 bits per heavy atom. The SMILES string of the molecule is Cc1nc(NC(=O)C2CCCCC2)sc1C(=O)Nc1ccc(Br)cc1. The number of nitrogens with one attached hydrogen (secondary N) is 2. The Kier molecular flexibility index (Phi) is 5.86. The molecule has 1 aromatic carbocycles. The Labute approximate surface area is 159 Å². The summed E-state index contributed by atoms with van der Waals surface area (Å²) >= 11 is 4.58. The molecule has 1 aromatic heterocycles. The second kappa shape index (κ2) is 8.10. The standard InChI is InChI=1S/C18H20BrN3O2S/c1-11-15(17(24)21-14-9-7-13(19)8-10-14)25-18(20-11)22-16(23)12-5-3-2-4-6-12/h7-10,12H,2-6H2,1H3,(H,21,24)(H,20,22,23). The van der Waals surface area contributed by atoms with Gasteiger partial charge in [0.05, 0.1) is 5.69 Å². The molecule has 0 aliphatic heterocycles. The van der Waals surface area contributed by atoms with Crippen molar-refractivity contribution in [1.29, 1.82) is 0 Å². The number of hydrogen-bond acceptors (Lipinski definition) is 4. The summed E-state index contributed by atoms with van der Waals surface area (Å²) in [5, 5.41) is 6.23. The Morgan fingerprint density at radius 2 is 1.80 bits per heavy atom. The Morgan fingerprint density at radius 3 is 2.48 bits per heavy atom. The minimum atomic E-state index is -0.213. The first-order valence-corrected chi connectivity index (χ1v) is 9.99. The van der Waals surface area contributed by atoms with Gasteiger partial charge in [-0.05, 0) is 44.0 Å². The number of halogens is 1. The summed E-state index contributed by atoms with van der Waals surface area (Å²) in [6.45, 7) is 1.78. The Balaban J connectivity index is 1.65. The number of rotatable bonds is 4. The summed E-state index contributed by atoms with van der Waals surface area (Å²) < 4.78 is 0.951. The number of aryl methyl sites for hydroxylation is 1. The van der Waals surface area contributed by atoms with E-state index in [1.807, 2.05) is 24.3 Å². The summed E-state index contributed by atoms with van der Waals surface area (Å²) in [7, 11) is 0. The van der Waals surface area contributed by atoms with Gasteiger partial charge >= 0.3 is 0 Å². The molecule has 0 radical (unpaired) electrons. The first kappa shape index (κ1) is 18.1. The molecule has 2 aromatic rings. The van der Waals surface area contributed by atoms with E-state index >= 15 is 0 Å². The molecule has 3 rings (SSSR count). The Bertz CT molecular complexity index is 767. The van der Waals surface area contributed by atoms with Crippen LogP contribution in [0.2, 0.25) is 0 Å². The summed E-state index contributed by atoms with van der Waals surface area (Å²) in [5.41, 5.74) is 1.34. The van der Waals surface area contributed by atoms with Gasteiger partial charge in [-0.15, -0.1) is 0 Å². The average Bonchev–Trinajstić information content (AvgIpc) is 2.98. The average molecular weight is 422 g/mol. The van der Waals surface area contributed by atoms with Gasteiger partial charge in [0.2, 0.25) is 5.91 Å². The van der Waals surface area contributed by atoms with Crippen LogP contribution < -0.4 is 10.6 Å². The quantitative estimate of drug-likeness (QED) is 0.730. The van der Waals surface area contributed by atoms with Crippen molar-refractivity contribution in [1.82, 2.24) is 4.98 Å². The van der Waals surface area contributed by atoms with Crippen molar-refractivity contribution in [3.05, 3.63) is 39.3 Å². The van der Waals surface area contributed by atoms with Crippen LogP contribution in [0, 0.1) is 12.8 Å². The van der Waals surface area contributed by atoms with Gasteiger partial charge in [0, 0.05) is 16.1 Å². The highest BCUT2D eigenvalue weighted by Gasteiger charge is 2.23. The van der Waals surface area contributed by atoms with E-state index in [0.29, 0.717) is 21.4 Å². The van der Waals surface area contributed by atoms with Gasteiger partial charge in [0.25, 0.3) is 5.91 Å². The molecule has 5 nitrogen and oxygen atoms in total. The maximum Gasteiger partial charge on any atom is 0.267 e. The fourth-order valence-electron chi connectivity index (χ4n) is 2.95. The zero-order chi connectivity index (χ0) is 17.8. The maximum absolute atomic E-state index is 12.5. The molecule has 0 atom stereocenters. The molecule has 1 fully saturated rings. The molecule has 25 heavy (non-hydrogen) atoms. The van der Waals surface area contributed by atoms with Crippen molar-refractivity contribution in [3.63, 3.8) is 0 Å². The number of carbonyl (C=O) groups excluding carboxylic acids is 2. The van der Waals surface area contributed by atoms with Crippen molar-refractivity contribution in [2.75, 3.05) is 10.6 Å². The number of anilines is 2. The van der Waals surface area contributed by atoms with Crippen LogP contribution in [0.4, 0.5) is 10.8 Å². The van der Waals surface area contributed by atoms with Crippen LogP contribution in [0.1, 0.15) is 47.5 Å². The highest BCUT2D eigenvalue weighted by Crippen LogP contribution is 2.28. The molecule has 0 spiro atoms. The molecule has 0 bridgehead atoms. The van der Waals surface area contributed by atoms with E-state index in [0.717, 1.165) is 30.2 Å². The van der Waals surface area contributed by atoms with Gasteiger partial charge in [-0.25, -0.2) is 4.98 Å². The topological polar surface area (TPSA) is 71.1 Å². The minimum Gasteiger partial charge on any atom is -0.321 e. The predicted octanol–water partition coefficient (Wildman–Crippen LogP) is 4.99. The lowest BCUT2D eigenvalue weighted by Crippen LogP contribution is -2.24. The third-order valence-electron chi connectivity index (χ3n) is 4.31. The summed E-state index contributed by atoms with van der Waals surface area (Å²) in [6, 6.07) is 7.38. The van der Waals surface area contributed by atoms with Crippen molar-refractivity contribution < 1.29 is 9.59 Å². The van der Waals surface area contributed by atoms with E-state index in [9.17, 15) is 9.59 Å². The number of nitrogens with zero attached hydrogens (tertiary/aromatic N) is 1. The summed E-state index contributed by atoms with van der Waals surface area (Å²) in [4.78, 5) is 29.6. The summed E-state index contributed by atoms with van der Waals surface area (Å²) in [6.07, 6.45) is 5.30. The van der Waals surface area contributed by atoms with Crippen molar-refractivity contribution in [3.8, 4) is 0 Å².